The van der Waals surface area contributed by atoms with Crippen molar-refractivity contribution >= 4 is 11.8 Å². The molecule has 3 rings (SSSR count). The van der Waals surface area contributed by atoms with Gasteiger partial charge in [-0.1, -0.05) is 0 Å². The third-order valence-electron chi connectivity index (χ3n) is 3.36. The minimum absolute atomic E-state index is 0.227. The Hall–Kier alpha value is -1.62. The highest BCUT2D eigenvalue weighted by Gasteiger charge is 2.34. The highest BCUT2D eigenvalue weighted by Crippen LogP contribution is 2.28. The number of pyridine rings is 1. The summed E-state index contributed by atoms with van der Waals surface area (Å²) in [7, 11) is 0. The molecule has 0 amide bonds. The third-order valence-corrected chi connectivity index (χ3v) is 3.36. The van der Waals surface area contributed by atoms with Gasteiger partial charge in [-0.25, -0.2) is 9.78 Å². The van der Waals surface area contributed by atoms with Gasteiger partial charge >= 0.3 is 5.97 Å². The number of carbonyl (C=O) groups is 1. The Labute approximate surface area is 99.0 Å². The standard InChI is InChI=1S/C12H14N2O3/c15-12(16)8-1-4-11(13-5-8)14-6-9-2-3-10(7-14)17-9/h1,4-5,9-10H,2-3,6-7H2,(H,15,16). The van der Waals surface area contributed by atoms with E-state index in [-0.39, 0.29) is 5.56 Å². The molecule has 0 radical (unpaired) electrons. The monoisotopic (exact) mass is 234 g/mol. The van der Waals surface area contributed by atoms with E-state index in [4.69, 9.17) is 9.84 Å². The minimum atomic E-state index is -0.939. The number of morpholine rings is 1. The van der Waals surface area contributed by atoms with Gasteiger partial charge in [0.1, 0.15) is 5.82 Å². The molecule has 2 fully saturated rings. The van der Waals surface area contributed by atoms with Crippen LogP contribution in [0.3, 0.4) is 0 Å². The van der Waals surface area contributed by atoms with Gasteiger partial charge in [-0.15, -0.1) is 0 Å². The number of aromatic carboxylic acids is 1. The van der Waals surface area contributed by atoms with Crippen LogP contribution in [0.15, 0.2) is 18.3 Å². The fourth-order valence-corrected chi connectivity index (χ4v) is 2.50. The fraction of sp³-hybridized carbons (Fsp3) is 0.500. The van der Waals surface area contributed by atoms with Crippen molar-refractivity contribution in [3.63, 3.8) is 0 Å². The van der Waals surface area contributed by atoms with Crippen LogP contribution in [0, 0.1) is 0 Å². The molecule has 1 aromatic rings. The number of carboxylic acid groups (broad SMARTS) is 1. The van der Waals surface area contributed by atoms with Crippen LogP contribution in [-0.2, 0) is 4.74 Å². The lowest BCUT2D eigenvalue weighted by atomic mass is 10.2. The normalized spacial score (nSPS) is 27.2. The lowest BCUT2D eigenvalue weighted by Crippen LogP contribution is -2.43. The first-order chi connectivity index (χ1) is 8.22. The number of nitrogens with zero attached hydrogens (tertiary/aromatic N) is 2. The van der Waals surface area contributed by atoms with Crippen molar-refractivity contribution in [3.8, 4) is 0 Å². The van der Waals surface area contributed by atoms with Crippen LogP contribution in [0.4, 0.5) is 5.82 Å². The second-order valence-electron chi connectivity index (χ2n) is 4.57. The number of aromatic nitrogens is 1. The number of hydrogen-bond acceptors (Lipinski definition) is 4. The number of ether oxygens (including phenoxy) is 1. The van der Waals surface area contributed by atoms with Crippen LogP contribution in [0.5, 0.6) is 0 Å². The van der Waals surface area contributed by atoms with Gasteiger partial charge in [0.15, 0.2) is 0 Å². The van der Waals surface area contributed by atoms with Gasteiger partial charge in [-0.2, -0.15) is 0 Å². The van der Waals surface area contributed by atoms with E-state index >= 15 is 0 Å². The molecular weight excluding hydrogens is 220 g/mol. The third kappa shape index (κ3) is 1.98. The summed E-state index contributed by atoms with van der Waals surface area (Å²) < 4.78 is 5.75. The summed E-state index contributed by atoms with van der Waals surface area (Å²) in [6.07, 6.45) is 4.28. The number of hydrogen-bond donors (Lipinski definition) is 1. The zero-order valence-electron chi connectivity index (χ0n) is 9.37. The van der Waals surface area contributed by atoms with Crippen LogP contribution < -0.4 is 4.90 Å². The topological polar surface area (TPSA) is 62.7 Å². The molecule has 2 unspecified atom stereocenters. The van der Waals surface area contributed by atoms with E-state index in [2.05, 4.69) is 9.88 Å². The van der Waals surface area contributed by atoms with Gasteiger partial charge in [0, 0.05) is 19.3 Å². The predicted octanol–water partition coefficient (Wildman–Crippen LogP) is 1.15. The van der Waals surface area contributed by atoms with Crippen LogP contribution in [0.1, 0.15) is 23.2 Å². The minimum Gasteiger partial charge on any atom is -0.478 e. The van der Waals surface area contributed by atoms with Crippen molar-refractivity contribution in [1.82, 2.24) is 4.98 Å². The lowest BCUT2D eigenvalue weighted by molar-refractivity contribution is 0.0302. The Balaban J connectivity index is 1.78. The van der Waals surface area contributed by atoms with E-state index < -0.39 is 5.97 Å². The van der Waals surface area contributed by atoms with Crippen molar-refractivity contribution in [1.29, 1.82) is 0 Å². The zero-order chi connectivity index (χ0) is 11.8. The zero-order valence-corrected chi connectivity index (χ0v) is 9.37. The summed E-state index contributed by atoms with van der Waals surface area (Å²) in [5.41, 5.74) is 0.227. The van der Waals surface area contributed by atoms with E-state index in [9.17, 15) is 4.79 Å². The Bertz CT molecular complexity index is 420. The van der Waals surface area contributed by atoms with Gasteiger partial charge in [-0.3, -0.25) is 0 Å². The van der Waals surface area contributed by atoms with Crippen molar-refractivity contribution in [2.75, 3.05) is 18.0 Å². The molecule has 0 spiro atoms. The highest BCUT2D eigenvalue weighted by atomic mass is 16.5. The molecule has 90 valence electrons. The molecule has 2 aliphatic heterocycles. The molecule has 1 N–H and O–H groups in total. The van der Waals surface area contributed by atoms with Gasteiger partial charge in [-0.05, 0) is 25.0 Å². The van der Waals surface area contributed by atoms with Gasteiger partial charge in [0.05, 0.1) is 17.8 Å². The number of carboxylic acids is 1. The van der Waals surface area contributed by atoms with E-state index in [1.165, 1.54) is 6.20 Å². The molecule has 1 aromatic heterocycles. The summed E-state index contributed by atoms with van der Waals surface area (Å²) in [6, 6.07) is 3.37. The van der Waals surface area contributed by atoms with Crippen molar-refractivity contribution in [3.05, 3.63) is 23.9 Å². The average Bonchev–Trinajstić information content (AvgIpc) is 2.68. The van der Waals surface area contributed by atoms with Crippen molar-refractivity contribution in [2.24, 2.45) is 0 Å². The summed E-state index contributed by atoms with van der Waals surface area (Å²) in [5.74, 6) is -0.0960. The second-order valence-corrected chi connectivity index (χ2v) is 4.57. The Morgan fingerprint density at radius 2 is 2.06 bits per heavy atom. The van der Waals surface area contributed by atoms with E-state index in [0.717, 1.165) is 31.7 Å². The molecule has 2 atom stereocenters. The molecule has 2 aliphatic rings. The van der Waals surface area contributed by atoms with Gasteiger partial charge in [0.2, 0.25) is 0 Å². The summed E-state index contributed by atoms with van der Waals surface area (Å²) in [4.78, 5) is 17.1. The van der Waals surface area contributed by atoms with Crippen LogP contribution >= 0.6 is 0 Å². The quantitative estimate of drug-likeness (QED) is 0.831. The Morgan fingerprint density at radius 3 is 2.59 bits per heavy atom. The highest BCUT2D eigenvalue weighted by molar-refractivity contribution is 5.87. The van der Waals surface area contributed by atoms with Gasteiger partial charge in [0.25, 0.3) is 0 Å². The molecule has 0 aliphatic carbocycles. The Morgan fingerprint density at radius 1 is 1.35 bits per heavy atom. The van der Waals surface area contributed by atoms with Crippen LogP contribution in [-0.4, -0.2) is 41.4 Å². The van der Waals surface area contributed by atoms with E-state index in [0.29, 0.717) is 12.2 Å². The number of anilines is 1. The largest absolute Gasteiger partial charge is 0.478 e. The van der Waals surface area contributed by atoms with Crippen molar-refractivity contribution < 1.29 is 14.6 Å². The molecule has 0 aromatic carbocycles. The summed E-state index contributed by atoms with van der Waals surface area (Å²) >= 11 is 0. The first-order valence-electron chi connectivity index (χ1n) is 5.82. The molecule has 2 bridgehead atoms. The van der Waals surface area contributed by atoms with Crippen molar-refractivity contribution in [2.45, 2.75) is 25.0 Å². The van der Waals surface area contributed by atoms with Crippen LogP contribution in [0.25, 0.3) is 0 Å². The summed E-state index contributed by atoms with van der Waals surface area (Å²) in [6.45, 7) is 1.71. The smallest absolute Gasteiger partial charge is 0.337 e. The first kappa shape index (κ1) is 10.5. The number of fused-ring (bicyclic) bond motifs is 2. The molecular formula is C12H14N2O3. The van der Waals surface area contributed by atoms with E-state index in [1.54, 1.807) is 12.1 Å². The predicted molar refractivity (Wildman–Crippen MR) is 61.3 cm³/mol. The van der Waals surface area contributed by atoms with E-state index in [1.807, 2.05) is 0 Å². The molecule has 3 heterocycles. The van der Waals surface area contributed by atoms with Gasteiger partial charge < -0.3 is 14.7 Å². The molecule has 17 heavy (non-hydrogen) atoms. The SMILES string of the molecule is O=C(O)c1ccc(N2CC3CCC(C2)O3)nc1. The second kappa shape index (κ2) is 4.00. The molecule has 5 nitrogen and oxygen atoms in total. The Kier molecular flexibility index (Phi) is 2.48. The van der Waals surface area contributed by atoms with Crippen LogP contribution in [0.2, 0.25) is 0 Å². The maximum Gasteiger partial charge on any atom is 0.337 e. The lowest BCUT2D eigenvalue weighted by Gasteiger charge is -2.32. The summed E-state index contributed by atoms with van der Waals surface area (Å²) in [5, 5.41) is 8.81. The maximum atomic E-state index is 10.7. The molecule has 0 saturated carbocycles. The maximum absolute atomic E-state index is 10.7. The molecule has 5 heteroatoms. The average molecular weight is 234 g/mol. The number of rotatable bonds is 2. The molecule has 2 saturated heterocycles. The first-order valence-corrected chi connectivity index (χ1v) is 5.82. The fourth-order valence-electron chi connectivity index (χ4n) is 2.50.